The van der Waals surface area contributed by atoms with E-state index in [-0.39, 0.29) is 5.91 Å². The van der Waals surface area contributed by atoms with Crippen molar-refractivity contribution in [3.05, 3.63) is 41.3 Å². The monoisotopic (exact) mass is 357 g/mol. The Bertz CT molecular complexity index is 767. The molecule has 0 aromatic carbocycles. The van der Waals surface area contributed by atoms with E-state index in [0.717, 1.165) is 48.3 Å². The van der Waals surface area contributed by atoms with E-state index in [1.807, 2.05) is 37.1 Å². The number of amides is 1. The van der Waals surface area contributed by atoms with Crippen LogP contribution in [0.1, 0.15) is 28.0 Å². The molecule has 0 atom stereocenters. The van der Waals surface area contributed by atoms with Crippen molar-refractivity contribution >= 4 is 23.5 Å². The fraction of sp³-hybridized carbons (Fsp3) is 0.444. The number of rotatable bonds is 3. The lowest BCUT2D eigenvalue weighted by Crippen LogP contribution is -2.35. The zero-order chi connectivity index (χ0) is 17.8. The summed E-state index contributed by atoms with van der Waals surface area (Å²) in [5, 5.41) is 0.790. The number of nitrogens with zero attached hydrogens (tertiary/aromatic N) is 5. The summed E-state index contributed by atoms with van der Waals surface area (Å²) in [6.07, 6.45) is 6.32. The first-order chi connectivity index (χ1) is 12.1. The normalized spacial score (nSPS) is 15.2. The highest BCUT2D eigenvalue weighted by Gasteiger charge is 2.21. The number of thioether (sulfide) groups is 1. The largest absolute Gasteiger partial charge is 0.355 e. The second-order valence-electron chi connectivity index (χ2n) is 6.24. The van der Waals surface area contributed by atoms with Gasteiger partial charge < -0.3 is 9.80 Å². The predicted molar refractivity (Wildman–Crippen MR) is 100 cm³/mol. The zero-order valence-electron chi connectivity index (χ0n) is 14.9. The van der Waals surface area contributed by atoms with Gasteiger partial charge in [-0.2, -0.15) is 0 Å². The minimum Gasteiger partial charge on any atom is -0.355 e. The van der Waals surface area contributed by atoms with E-state index < -0.39 is 0 Å². The molecule has 3 rings (SSSR count). The topological polar surface area (TPSA) is 62.2 Å². The Labute approximate surface area is 152 Å². The van der Waals surface area contributed by atoms with Crippen LogP contribution in [0.3, 0.4) is 0 Å². The van der Waals surface area contributed by atoms with Gasteiger partial charge in [-0.25, -0.2) is 9.97 Å². The Morgan fingerprint density at radius 2 is 1.92 bits per heavy atom. The third kappa shape index (κ3) is 4.28. The van der Waals surface area contributed by atoms with Crippen LogP contribution in [0.4, 0.5) is 5.82 Å². The molecule has 1 amide bonds. The first kappa shape index (κ1) is 17.7. The number of aryl methyl sites for hydroxylation is 2. The number of hydrogen-bond acceptors (Lipinski definition) is 6. The van der Waals surface area contributed by atoms with Gasteiger partial charge in [0.2, 0.25) is 0 Å². The van der Waals surface area contributed by atoms with Crippen LogP contribution < -0.4 is 4.90 Å². The number of aromatic nitrogens is 3. The van der Waals surface area contributed by atoms with E-state index in [2.05, 4.69) is 19.9 Å². The molecule has 1 aliphatic rings. The van der Waals surface area contributed by atoms with Crippen LogP contribution in [-0.2, 0) is 0 Å². The SMILES string of the molecule is CSc1nc(C)cc(N2CCCN(C(=O)c3cncc(C)c3)CC2)n1. The highest BCUT2D eigenvalue weighted by atomic mass is 32.2. The van der Waals surface area contributed by atoms with Crippen molar-refractivity contribution in [2.24, 2.45) is 0 Å². The molecule has 0 spiro atoms. The minimum atomic E-state index is 0.0571. The van der Waals surface area contributed by atoms with Crippen LogP contribution in [0.15, 0.2) is 29.7 Å². The van der Waals surface area contributed by atoms with E-state index >= 15 is 0 Å². The van der Waals surface area contributed by atoms with E-state index in [4.69, 9.17) is 0 Å². The van der Waals surface area contributed by atoms with Crippen LogP contribution in [-0.4, -0.2) is 58.2 Å². The lowest BCUT2D eigenvalue weighted by molar-refractivity contribution is 0.0766. The van der Waals surface area contributed by atoms with Crippen LogP contribution in [0, 0.1) is 13.8 Å². The van der Waals surface area contributed by atoms with Crippen molar-refractivity contribution in [1.29, 1.82) is 0 Å². The Morgan fingerprint density at radius 3 is 2.68 bits per heavy atom. The summed E-state index contributed by atoms with van der Waals surface area (Å²) < 4.78 is 0. The zero-order valence-corrected chi connectivity index (χ0v) is 15.7. The molecule has 132 valence electrons. The second-order valence-corrected chi connectivity index (χ2v) is 7.01. The van der Waals surface area contributed by atoms with Crippen LogP contribution in [0.25, 0.3) is 0 Å². The molecule has 3 heterocycles. The number of hydrogen-bond donors (Lipinski definition) is 0. The molecule has 1 aliphatic heterocycles. The van der Waals surface area contributed by atoms with Gasteiger partial charge in [-0.3, -0.25) is 9.78 Å². The molecule has 0 saturated carbocycles. The lowest BCUT2D eigenvalue weighted by Gasteiger charge is -2.23. The van der Waals surface area contributed by atoms with E-state index in [0.29, 0.717) is 12.1 Å². The van der Waals surface area contributed by atoms with Gasteiger partial charge in [-0.15, -0.1) is 0 Å². The summed E-state index contributed by atoms with van der Waals surface area (Å²) in [6.45, 7) is 7.04. The quantitative estimate of drug-likeness (QED) is 0.621. The Morgan fingerprint density at radius 1 is 1.08 bits per heavy atom. The molecule has 0 N–H and O–H groups in total. The maximum Gasteiger partial charge on any atom is 0.255 e. The van der Waals surface area contributed by atoms with Gasteiger partial charge >= 0.3 is 0 Å². The molecular formula is C18H23N5OS. The summed E-state index contributed by atoms with van der Waals surface area (Å²) in [4.78, 5) is 30.1. The van der Waals surface area contributed by atoms with E-state index in [1.165, 1.54) is 0 Å². The van der Waals surface area contributed by atoms with Crippen LogP contribution >= 0.6 is 11.8 Å². The van der Waals surface area contributed by atoms with Crippen LogP contribution in [0.2, 0.25) is 0 Å². The van der Waals surface area contributed by atoms with Crippen molar-refractivity contribution in [1.82, 2.24) is 19.9 Å². The highest BCUT2D eigenvalue weighted by molar-refractivity contribution is 7.98. The van der Waals surface area contributed by atoms with Gasteiger partial charge in [0.05, 0.1) is 5.56 Å². The van der Waals surface area contributed by atoms with Gasteiger partial charge in [0.25, 0.3) is 5.91 Å². The fourth-order valence-electron chi connectivity index (χ4n) is 2.98. The highest BCUT2D eigenvalue weighted by Crippen LogP contribution is 2.19. The molecule has 0 bridgehead atoms. The van der Waals surface area contributed by atoms with Crippen molar-refractivity contribution in [2.75, 3.05) is 37.3 Å². The summed E-state index contributed by atoms with van der Waals surface area (Å²) in [6, 6.07) is 3.91. The number of carbonyl (C=O) groups is 1. The molecule has 1 fully saturated rings. The molecule has 2 aromatic rings. The van der Waals surface area contributed by atoms with Gasteiger partial charge in [-0.05, 0) is 38.2 Å². The van der Waals surface area contributed by atoms with Crippen molar-refractivity contribution in [3.63, 3.8) is 0 Å². The number of pyridine rings is 1. The van der Waals surface area contributed by atoms with Crippen molar-refractivity contribution in [2.45, 2.75) is 25.4 Å². The predicted octanol–water partition coefficient (Wildman–Crippen LogP) is 2.56. The maximum absolute atomic E-state index is 12.7. The average molecular weight is 357 g/mol. The molecular weight excluding hydrogens is 334 g/mol. The summed E-state index contributed by atoms with van der Waals surface area (Å²) in [5.41, 5.74) is 2.64. The van der Waals surface area contributed by atoms with E-state index in [9.17, 15) is 4.79 Å². The van der Waals surface area contributed by atoms with Gasteiger partial charge in [0, 0.05) is 50.3 Å². The summed E-state index contributed by atoms with van der Waals surface area (Å²) >= 11 is 1.55. The Balaban J connectivity index is 1.72. The van der Waals surface area contributed by atoms with Gasteiger partial charge in [0.15, 0.2) is 5.16 Å². The number of anilines is 1. The third-order valence-electron chi connectivity index (χ3n) is 4.23. The Kier molecular flexibility index (Phi) is 5.53. The van der Waals surface area contributed by atoms with Crippen molar-refractivity contribution in [3.8, 4) is 0 Å². The maximum atomic E-state index is 12.7. The standard InChI is InChI=1S/C18H23N5OS/c1-13-9-15(12-19-11-13)17(24)23-6-4-5-22(7-8-23)16-10-14(2)20-18(21-16)25-3/h9-12H,4-8H2,1-3H3. The number of carbonyl (C=O) groups excluding carboxylic acids is 1. The smallest absolute Gasteiger partial charge is 0.255 e. The van der Waals surface area contributed by atoms with Gasteiger partial charge in [-0.1, -0.05) is 11.8 Å². The third-order valence-corrected chi connectivity index (χ3v) is 4.78. The average Bonchev–Trinajstić information content (AvgIpc) is 2.86. The minimum absolute atomic E-state index is 0.0571. The molecule has 7 heteroatoms. The van der Waals surface area contributed by atoms with Gasteiger partial charge in [0.1, 0.15) is 5.82 Å². The molecule has 1 saturated heterocycles. The fourth-order valence-corrected chi connectivity index (χ4v) is 3.40. The summed E-state index contributed by atoms with van der Waals surface area (Å²) in [5.74, 6) is 1.00. The Hall–Kier alpha value is -2.15. The molecule has 0 radical (unpaired) electrons. The second kappa shape index (κ2) is 7.82. The first-order valence-electron chi connectivity index (χ1n) is 8.42. The van der Waals surface area contributed by atoms with E-state index in [1.54, 1.807) is 24.2 Å². The van der Waals surface area contributed by atoms with Crippen molar-refractivity contribution < 1.29 is 4.79 Å². The molecule has 25 heavy (non-hydrogen) atoms. The molecule has 0 aliphatic carbocycles. The first-order valence-corrected chi connectivity index (χ1v) is 9.65. The molecule has 6 nitrogen and oxygen atoms in total. The molecule has 0 unspecified atom stereocenters. The summed E-state index contributed by atoms with van der Waals surface area (Å²) in [7, 11) is 0. The lowest BCUT2D eigenvalue weighted by atomic mass is 10.2. The van der Waals surface area contributed by atoms with Crippen LogP contribution in [0.5, 0.6) is 0 Å². The molecule has 2 aromatic heterocycles.